The molecule has 0 aliphatic heterocycles. The van der Waals surface area contributed by atoms with Crippen molar-refractivity contribution in [3.05, 3.63) is 47.8 Å². The first-order valence-corrected chi connectivity index (χ1v) is 6.36. The lowest BCUT2D eigenvalue weighted by Crippen LogP contribution is -2.03. The van der Waals surface area contributed by atoms with Crippen LogP contribution >= 0.6 is 0 Å². The third-order valence-electron chi connectivity index (χ3n) is 2.96. The summed E-state index contributed by atoms with van der Waals surface area (Å²) in [5.41, 5.74) is 4.61. The van der Waals surface area contributed by atoms with E-state index in [0.29, 0.717) is 13.2 Å². The average molecular weight is 257 g/mol. The zero-order valence-electron chi connectivity index (χ0n) is 11.6. The summed E-state index contributed by atoms with van der Waals surface area (Å²) in [5, 5.41) is 0. The van der Waals surface area contributed by atoms with Crippen LogP contribution in [0.4, 0.5) is 0 Å². The zero-order chi connectivity index (χ0) is 13.7. The Morgan fingerprint density at radius 2 is 1.79 bits per heavy atom. The molecule has 0 aliphatic rings. The summed E-state index contributed by atoms with van der Waals surface area (Å²) >= 11 is 0. The van der Waals surface area contributed by atoms with Gasteiger partial charge in [-0.05, 0) is 48.7 Å². The van der Waals surface area contributed by atoms with Gasteiger partial charge in [-0.3, -0.25) is 4.98 Å². The Bertz CT molecular complexity index is 535. The fourth-order valence-electron chi connectivity index (χ4n) is 1.91. The van der Waals surface area contributed by atoms with E-state index in [1.165, 1.54) is 16.7 Å². The molecule has 3 nitrogen and oxygen atoms in total. The number of aryl methyl sites for hydroxylation is 2. The number of aromatic nitrogens is 1. The lowest BCUT2D eigenvalue weighted by Gasteiger charge is -2.09. The highest BCUT2D eigenvalue weighted by Crippen LogP contribution is 2.25. The van der Waals surface area contributed by atoms with Crippen molar-refractivity contribution in [2.45, 2.75) is 13.8 Å². The molecule has 0 fully saturated rings. The first kappa shape index (κ1) is 13.6. The number of hydrogen-bond donors (Lipinski definition) is 0. The molecule has 0 N–H and O–H groups in total. The van der Waals surface area contributed by atoms with Gasteiger partial charge >= 0.3 is 0 Å². The van der Waals surface area contributed by atoms with Gasteiger partial charge in [0.15, 0.2) is 0 Å². The summed E-state index contributed by atoms with van der Waals surface area (Å²) < 4.78 is 10.5. The maximum Gasteiger partial charge on any atom is 0.119 e. The molecule has 2 aromatic rings. The molecule has 0 saturated carbocycles. The van der Waals surface area contributed by atoms with Crippen LogP contribution in [-0.2, 0) is 4.74 Å². The molecule has 2 rings (SSSR count). The Hall–Kier alpha value is -1.87. The highest BCUT2D eigenvalue weighted by Gasteiger charge is 2.03. The van der Waals surface area contributed by atoms with Gasteiger partial charge in [0.2, 0.25) is 0 Å². The quantitative estimate of drug-likeness (QED) is 0.769. The molecule has 1 aromatic carbocycles. The second kappa shape index (κ2) is 6.34. The lowest BCUT2D eigenvalue weighted by molar-refractivity contribution is 0.146. The summed E-state index contributed by atoms with van der Waals surface area (Å²) in [4.78, 5) is 4.29. The van der Waals surface area contributed by atoms with E-state index < -0.39 is 0 Å². The highest BCUT2D eigenvalue weighted by atomic mass is 16.5. The van der Waals surface area contributed by atoms with Crippen molar-refractivity contribution in [3.63, 3.8) is 0 Å². The van der Waals surface area contributed by atoms with Crippen molar-refractivity contribution in [2.24, 2.45) is 0 Å². The molecule has 3 heteroatoms. The van der Waals surface area contributed by atoms with Gasteiger partial charge in [0.1, 0.15) is 12.4 Å². The summed E-state index contributed by atoms with van der Waals surface area (Å²) in [5.74, 6) is 0.865. The predicted molar refractivity (Wildman–Crippen MR) is 76.5 cm³/mol. The molecule has 0 atom stereocenters. The highest BCUT2D eigenvalue weighted by molar-refractivity contribution is 5.67. The van der Waals surface area contributed by atoms with Crippen molar-refractivity contribution >= 4 is 0 Å². The SMILES string of the molecule is COCCOc1ccc(-c2cc(C)ncc2C)cc1. The van der Waals surface area contributed by atoms with Crippen molar-refractivity contribution in [1.82, 2.24) is 4.98 Å². The van der Waals surface area contributed by atoms with Crippen molar-refractivity contribution in [3.8, 4) is 16.9 Å². The lowest BCUT2D eigenvalue weighted by atomic mass is 10.0. The van der Waals surface area contributed by atoms with E-state index in [2.05, 4.69) is 30.1 Å². The molecule has 1 heterocycles. The van der Waals surface area contributed by atoms with E-state index in [4.69, 9.17) is 9.47 Å². The second-order valence-electron chi connectivity index (χ2n) is 4.51. The molecular weight excluding hydrogens is 238 g/mol. The number of benzene rings is 1. The maximum absolute atomic E-state index is 5.55. The molecule has 19 heavy (non-hydrogen) atoms. The average Bonchev–Trinajstić information content (AvgIpc) is 2.43. The minimum Gasteiger partial charge on any atom is -0.491 e. The van der Waals surface area contributed by atoms with Gasteiger partial charge in [0, 0.05) is 19.0 Å². The third kappa shape index (κ3) is 3.55. The van der Waals surface area contributed by atoms with Gasteiger partial charge in [-0.25, -0.2) is 0 Å². The molecule has 0 amide bonds. The smallest absolute Gasteiger partial charge is 0.119 e. The van der Waals surface area contributed by atoms with Crippen LogP contribution in [-0.4, -0.2) is 25.3 Å². The van der Waals surface area contributed by atoms with Gasteiger partial charge in [-0.1, -0.05) is 12.1 Å². The van der Waals surface area contributed by atoms with Crippen molar-refractivity contribution in [2.75, 3.05) is 20.3 Å². The standard InChI is InChI=1S/C16H19NO2/c1-12-11-17-13(2)10-16(12)14-4-6-15(7-5-14)19-9-8-18-3/h4-7,10-11H,8-9H2,1-3H3. The fourth-order valence-corrected chi connectivity index (χ4v) is 1.91. The number of rotatable bonds is 5. The summed E-state index contributed by atoms with van der Waals surface area (Å²) in [7, 11) is 1.67. The summed E-state index contributed by atoms with van der Waals surface area (Å²) in [6.07, 6.45) is 1.91. The summed E-state index contributed by atoms with van der Waals surface area (Å²) in [6.45, 7) is 5.25. The Labute approximate surface area is 114 Å². The van der Waals surface area contributed by atoms with Crippen molar-refractivity contribution in [1.29, 1.82) is 0 Å². The molecule has 0 spiro atoms. The number of ether oxygens (including phenoxy) is 2. The van der Waals surface area contributed by atoms with Gasteiger partial charge in [-0.2, -0.15) is 0 Å². The third-order valence-corrected chi connectivity index (χ3v) is 2.96. The Morgan fingerprint density at radius 3 is 2.47 bits per heavy atom. The van der Waals surface area contributed by atoms with Crippen LogP contribution in [0.3, 0.4) is 0 Å². The van der Waals surface area contributed by atoms with Crippen LogP contribution < -0.4 is 4.74 Å². The molecule has 0 unspecified atom stereocenters. The maximum atomic E-state index is 5.55. The van der Waals surface area contributed by atoms with Crippen LogP contribution in [0.15, 0.2) is 36.5 Å². The molecule has 0 radical (unpaired) electrons. The Morgan fingerprint density at radius 1 is 1.05 bits per heavy atom. The van der Waals surface area contributed by atoms with E-state index in [-0.39, 0.29) is 0 Å². The molecule has 1 aromatic heterocycles. The largest absolute Gasteiger partial charge is 0.491 e. The van der Waals surface area contributed by atoms with Gasteiger partial charge < -0.3 is 9.47 Å². The van der Waals surface area contributed by atoms with Crippen LogP contribution in [0, 0.1) is 13.8 Å². The fraction of sp³-hybridized carbons (Fsp3) is 0.312. The van der Waals surface area contributed by atoms with Gasteiger partial charge in [0.05, 0.1) is 6.61 Å². The normalized spacial score (nSPS) is 10.5. The minimum absolute atomic E-state index is 0.573. The number of hydrogen-bond acceptors (Lipinski definition) is 3. The second-order valence-corrected chi connectivity index (χ2v) is 4.51. The number of nitrogens with zero attached hydrogens (tertiary/aromatic N) is 1. The van der Waals surface area contributed by atoms with E-state index >= 15 is 0 Å². The van der Waals surface area contributed by atoms with E-state index in [9.17, 15) is 0 Å². The molecular formula is C16H19NO2. The van der Waals surface area contributed by atoms with Crippen molar-refractivity contribution < 1.29 is 9.47 Å². The Kier molecular flexibility index (Phi) is 4.53. The molecule has 0 saturated heterocycles. The van der Waals surface area contributed by atoms with Crippen LogP contribution in [0.25, 0.3) is 11.1 Å². The van der Waals surface area contributed by atoms with Crippen LogP contribution in [0.5, 0.6) is 5.75 Å². The van der Waals surface area contributed by atoms with Gasteiger partial charge in [0.25, 0.3) is 0 Å². The predicted octanol–water partition coefficient (Wildman–Crippen LogP) is 3.39. The molecule has 0 aliphatic carbocycles. The van der Waals surface area contributed by atoms with E-state index in [1.807, 2.05) is 25.3 Å². The summed E-state index contributed by atoms with van der Waals surface area (Å²) in [6, 6.07) is 10.2. The topological polar surface area (TPSA) is 31.4 Å². The molecule has 0 bridgehead atoms. The minimum atomic E-state index is 0.573. The van der Waals surface area contributed by atoms with E-state index in [0.717, 1.165) is 11.4 Å². The number of methoxy groups -OCH3 is 1. The molecule has 100 valence electrons. The monoisotopic (exact) mass is 257 g/mol. The number of pyridine rings is 1. The van der Waals surface area contributed by atoms with Crippen LogP contribution in [0.1, 0.15) is 11.3 Å². The van der Waals surface area contributed by atoms with E-state index in [1.54, 1.807) is 7.11 Å². The van der Waals surface area contributed by atoms with Gasteiger partial charge in [-0.15, -0.1) is 0 Å². The first-order chi connectivity index (χ1) is 9.20. The first-order valence-electron chi connectivity index (χ1n) is 6.36. The van der Waals surface area contributed by atoms with Crippen LogP contribution in [0.2, 0.25) is 0 Å². The zero-order valence-corrected chi connectivity index (χ0v) is 11.6. The Balaban J connectivity index is 2.15.